The summed E-state index contributed by atoms with van der Waals surface area (Å²) >= 11 is 0. The quantitative estimate of drug-likeness (QED) is 0.654. The smallest absolute Gasteiger partial charge is 0.00773 e. The second-order valence-corrected chi connectivity index (χ2v) is 4.16. The number of unbranched alkanes of at least 4 members (excludes halogenated alkanes) is 5. The molecule has 0 fully saturated rings. The molecule has 1 heteroatoms. The topological polar surface area (TPSA) is 26.0 Å². The molecule has 0 spiro atoms. The number of nitrogens with two attached hydrogens (primary N) is 1. The zero-order chi connectivity index (χ0) is 11.5. The summed E-state index contributed by atoms with van der Waals surface area (Å²) in [6, 6.07) is 10.5. The third kappa shape index (κ3) is 6.41. The van der Waals surface area contributed by atoms with Crippen LogP contribution in [0.2, 0.25) is 0 Å². The van der Waals surface area contributed by atoms with Gasteiger partial charge >= 0.3 is 0 Å². The molecular weight excluding hydrogens is 194 g/mol. The highest BCUT2D eigenvalue weighted by molar-refractivity contribution is 5.48. The van der Waals surface area contributed by atoms with E-state index in [1.807, 2.05) is 0 Å². The Morgan fingerprint density at radius 3 is 2.31 bits per heavy atom. The fourth-order valence-corrected chi connectivity index (χ4v) is 1.72. The highest BCUT2D eigenvalue weighted by atomic mass is 14.5. The number of allylic oxidation sites excluding steroid dienone is 1. The number of rotatable bonds is 8. The standard InChI is InChI=1S/C15H23N/c16-14-10-5-3-1-2-4-7-11-15-12-8-6-9-13-15/h6-9,11-13H,1-5,10,14,16H2. The lowest BCUT2D eigenvalue weighted by Gasteiger charge is -1.97. The third-order valence-electron chi connectivity index (χ3n) is 2.68. The normalized spacial score (nSPS) is 11.1. The Morgan fingerprint density at radius 1 is 0.875 bits per heavy atom. The van der Waals surface area contributed by atoms with Gasteiger partial charge in [-0.1, -0.05) is 61.7 Å². The summed E-state index contributed by atoms with van der Waals surface area (Å²) in [4.78, 5) is 0. The SMILES string of the molecule is NCCCCCCCC=Cc1ccccc1. The molecule has 0 radical (unpaired) electrons. The lowest BCUT2D eigenvalue weighted by Crippen LogP contribution is -1.97. The molecule has 0 unspecified atom stereocenters. The van der Waals surface area contributed by atoms with E-state index < -0.39 is 0 Å². The second-order valence-electron chi connectivity index (χ2n) is 4.16. The second kappa shape index (κ2) is 9.17. The van der Waals surface area contributed by atoms with Crippen LogP contribution >= 0.6 is 0 Å². The average molecular weight is 217 g/mol. The van der Waals surface area contributed by atoms with Crippen LogP contribution in [0.1, 0.15) is 44.1 Å². The highest BCUT2D eigenvalue weighted by Crippen LogP contribution is 2.07. The maximum atomic E-state index is 5.44. The molecule has 1 aromatic carbocycles. The molecule has 1 nitrogen and oxygen atoms in total. The Morgan fingerprint density at radius 2 is 1.56 bits per heavy atom. The molecule has 0 aliphatic rings. The van der Waals surface area contributed by atoms with Crippen molar-refractivity contribution in [2.24, 2.45) is 5.73 Å². The van der Waals surface area contributed by atoms with Crippen molar-refractivity contribution in [1.82, 2.24) is 0 Å². The van der Waals surface area contributed by atoms with Gasteiger partial charge in [0.25, 0.3) is 0 Å². The van der Waals surface area contributed by atoms with Gasteiger partial charge in [-0.15, -0.1) is 0 Å². The fourth-order valence-electron chi connectivity index (χ4n) is 1.72. The maximum absolute atomic E-state index is 5.44. The van der Waals surface area contributed by atoms with Crippen LogP contribution in [0.4, 0.5) is 0 Å². The summed E-state index contributed by atoms with van der Waals surface area (Å²) in [5, 5.41) is 0. The van der Waals surface area contributed by atoms with Crippen molar-refractivity contribution in [3.63, 3.8) is 0 Å². The number of hydrogen-bond acceptors (Lipinski definition) is 1. The molecule has 0 heterocycles. The highest BCUT2D eigenvalue weighted by Gasteiger charge is 1.88. The minimum atomic E-state index is 0.841. The van der Waals surface area contributed by atoms with Crippen LogP contribution in [0.25, 0.3) is 6.08 Å². The first-order valence-electron chi connectivity index (χ1n) is 6.35. The molecule has 0 atom stereocenters. The molecule has 0 aromatic heterocycles. The van der Waals surface area contributed by atoms with E-state index in [-0.39, 0.29) is 0 Å². The molecule has 0 amide bonds. The summed E-state index contributed by atoms with van der Waals surface area (Å²) in [5.74, 6) is 0. The number of benzene rings is 1. The molecule has 0 saturated heterocycles. The van der Waals surface area contributed by atoms with Gasteiger partial charge in [0.1, 0.15) is 0 Å². The van der Waals surface area contributed by atoms with Crippen LogP contribution in [0.5, 0.6) is 0 Å². The Kier molecular flexibility index (Phi) is 7.44. The van der Waals surface area contributed by atoms with Crippen molar-refractivity contribution in [3.8, 4) is 0 Å². The van der Waals surface area contributed by atoms with Gasteiger partial charge in [-0.3, -0.25) is 0 Å². The van der Waals surface area contributed by atoms with E-state index in [1.54, 1.807) is 0 Å². The Labute approximate surface area is 99.4 Å². The maximum Gasteiger partial charge on any atom is -0.00773 e. The number of hydrogen-bond donors (Lipinski definition) is 1. The molecule has 16 heavy (non-hydrogen) atoms. The van der Waals surface area contributed by atoms with Crippen LogP contribution in [0.3, 0.4) is 0 Å². The van der Waals surface area contributed by atoms with E-state index in [0.29, 0.717) is 0 Å². The van der Waals surface area contributed by atoms with Gasteiger partial charge in [-0.25, -0.2) is 0 Å². The van der Waals surface area contributed by atoms with Crippen LogP contribution in [-0.2, 0) is 0 Å². The summed E-state index contributed by atoms with van der Waals surface area (Å²) in [7, 11) is 0. The Balaban J connectivity index is 2.01. The van der Waals surface area contributed by atoms with Crippen molar-refractivity contribution in [1.29, 1.82) is 0 Å². The molecule has 0 saturated carbocycles. The Bertz CT molecular complexity index is 277. The largest absolute Gasteiger partial charge is 0.330 e. The molecule has 1 aromatic rings. The summed E-state index contributed by atoms with van der Waals surface area (Å²) in [6.07, 6.45) is 12.1. The molecule has 1 rings (SSSR count). The van der Waals surface area contributed by atoms with Gasteiger partial charge in [-0.2, -0.15) is 0 Å². The van der Waals surface area contributed by atoms with E-state index in [0.717, 1.165) is 6.54 Å². The van der Waals surface area contributed by atoms with Crippen molar-refractivity contribution in [2.45, 2.75) is 38.5 Å². The monoisotopic (exact) mass is 217 g/mol. The van der Waals surface area contributed by atoms with Crippen LogP contribution in [-0.4, -0.2) is 6.54 Å². The predicted molar refractivity (Wildman–Crippen MR) is 72.2 cm³/mol. The van der Waals surface area contributed by atoms with Crippen molar-refractivity contribution in [2.75, 3.05) is 6.54 Å². The van der Waals surface area contributed by atoms with Crippen molar-refractivity contribution in [3.05, 3.63) is 42.0 Å². The first-order chi connectivity index (χ1) is 7.93. The van der Waals surface area contributed by atoms with E-state index in [2.05, 4.69) is 42.5 Å². The predicted octanol–water partition coefficient (Wildman–Crippen LogP) is 4.00. The van der Waals surface area contributed by atoms with Crippen LogP contribution < -0.4 is 5.73 Å². The van der Waals surface area contributed by atoms with Crippen molar-refractivity contribution >= 4 is 6.08 Å². The van der Waals surface area contributed by atoms with E-state index in [1.165, 1.54) is 44.1 Å². The van der Waals surface area contributed by atoms with Gasteiger partial charge in [0.05, 0.1) is 0 Å². The van der Waals surface area contributed by atoms with Crippen LogP contribution in [0.15, 0.2) is 36.4 Å². The molecule has 2 N–H and O–H groups in total. The first-order valence-corrected chi connectivity index (χ1v) is 6.35. The Hall–Kier alpha value is -1.08. The fraction of sp³-hybridized carbons (Fsp3) is 0.467. The van der Waals surface area contributed by atoms with Gasteiger partial charge in [0.15, 0.2) is 0 Å². The minimum absolute atomic E-state index is 0.841. The van der Waals surface area contributed by atoms with Crippen LogP contribution in [0, 0.1) is 0 Å². The van der Waals surface area contributed by atoms with Gasteiger partial charge in [0.2, 0.25) is 0 Å². The third-order valence-corrected chi connectivity index (χ3v) is 2.68. The zero-order valence-corrected chi connectivity index (χ0v) is 10.1. The first kappa shape index (κ1) is 13.0. The van der Waals surface area contributed by atoms with Gasteiger partial charge in [0, 0.05) is 0 Å². The van der Waals surface area contributed by atoms with E-state index in [4.69, 9.17) is 5.73 Å². The molecule has 0 bridgehead atoms. The lowest BCUT2D eigenvalue weighted by atomic mass is 10.1. The van der Waals surface area contributed by atoms with Crippen molar-refractivity contribution < 1.29 is 0 Å². The summed E-state index contributed by atoms with van der Waals surface area (Å²) in [6.45, 7) is 0.841. The zero-order valence-electron chi connectivity index (χ0n) is 10.1. The molecule has 0 aliphatic carbocycles. The van der Waals surface area contributed by atoms with Gasteiger partial charge in [-0.05, 0) is 31.4 Å². The summed E-state index contributed by atoms with van der Waals surface area (Å²) in [5.41, 5.74) is 6.74. The lowest BCUT2D eigenvalue weighted by molar-refractivity contribution is 0.623. The summed E-state index contributed by atoms with van der Waals surface area (Å²) < 4.78 is 0. The average Bonchev–Trinajstić information content (AvgIpc) is 2.34. The van der Waals surface area contributed by atoms with E-state index in [9.17, 15) is 0 Å². The molecule has 0 aliphatic heterocycles. The van der Waals surface area contributed by atoms with Gasteiger partial charge < -0.3 is 5.73 Å². The molecule has 88 valence electrons. The molecular formula is C15H23N. The van der Waals surface area contributed by atoms with E-state index >= 15 is 0 Å². The minimum Gasteiger partial charge on any atom is -0.330 e.